The molecule has 2 heterocycles. The van der Waals surface area contributed by atoms with Crippen molar-refractivity contribution in [3.05, 3.63) is 75.1 Å². The molecule has 0 saturated carbocycles. The van der Waals surface area contributed by atoms with Gasteiger partial charge in [-0.1, -0.05) is 35.3 Å². The number of nitrogens with zero attached hydrogens (tertiary/aromatic N) is 4. The highest BCUT2D eigenvalue weighted by Crippen LogP contribution is 2.33. The molecule has 3 N–H and O–H groups in total. The number of likely N-dealkylation sites (N-methyl/N-ethyl adjacent to an activating group) is 1. The van der Waals surface area contributed by atoms with E-state index in [2.05, 4.69) is 25.9 Å². The Morgan fingerprint density at radius 1 is 1.08 bits per heavy atom. The maximum Gasteiger partial charge on any atom is 0.323 e. The predicted molar refractivity (Wildman–Crippen MR) is 148 cm³/mol. The molecule has 4 aromatic rings. The number of hydrogen-bond acceptors (Lipinski definition) is 7. The van der Waals surface area contributed by atoms with Gasteiger partial charge in [-0.05, 0) is 50.5 Å². The number of nitrogens with one attached hydrogen (secondary N) is 3. The van der Waals surface area contributed by atoms with Crippen LogP contribution in [0.5, 0.6) is 0 Å². The van der Waals surface area contributed by atoms with Gasteiger partial charge >= 0.3 is 6.03 Å². The van der Waals surface area contributed by atoms with Crippen LogP contribution in [-0.4, -0.2) is 59.9 Å². The summed E-state index contributed by atoms with van der Waals surface area (Å²) < 4.78 is 1.09. The van der Waals surface area contributed by atoms with Crippen molar-refractivity contribution in [3.8, 4) is 11.1 Å². The lowest BCUT2D eigenvalue weighted by Crippen LogP contribution is -2.28. The molecule has 0 aliphatic rings. The van der Waals surface area contributed by atoms with Crippen LogP contribution in [0.25, 0.3) is 22.2 Å². The number of carbonyl (C=O) groups is 1. The van der Waals surface area contributed by atoms with Crippen LogP contribution in [0.1, 0.15) is 0 Å². The fraction of sp³-hybridized carbons (Fsp3) is 0.200. The molecule has 2 aromatic heterocycles. The molecule has 0 saturated heterocycles. The molecule has 0 aliphatic carbocycles. The van der Waals surface area contributed by atoms with E-state index >= 15 is 0 Å². The molecule has 0 bridgehead atoms. The van der Waals surface area contributed by atoms with E-state index in [0.717, 1.165) is 11.3 Å². The van der Waals surface area contributed by atoms with E-state index in [4.69, 9.17) is 28.0 Å². The summed E-state index contributed by atoms with van der Waals surface area (Å²) in [6.45, 7) is 1.42. The highest BCUT2D eigenvalue weighted by molar-refractivity contribution is 6.36. The topological polar surface area (TPSA) is 113 Å². The minimum absolute atomic E-state index is 0.191. The summed E-state index contributed by atoms with van der Waals surface area (Å²) in [6.07, 6.45) is 1.61. The third kappa shape index (κ3) is 6.11. The normalized spacial score (nSPS) is 11.0. The largest absolute Gasteiger partial charge is 0.412 e. The first-order valence-corrected chi connectivity index (χ1v) is 12.0. The number of pyridine rings is 1. The highest BCUT2D eigenvalue weighted by Gasteiger charge is 2.18. The third-order valence-electron chi connectivity index (χ3n) is 5.37. The molecule has 2 amide bonds. The molecule has 0 radical (unpaired) electrons. The number of halogens is 2. The van der Waals surface area contributed by atoms with Gasteiger partial charge < -0.3 is 25.7 Å². The van der Waals surface area contributed by atoms with Crippen LogP contribution in [-0.2, 0) is 0 Å². The number of anilines is 3. The van der Waals surface area contributed by atoms with Crippen molar-refractivity contribution in [1.82, 2.24) is 19.6 Å². The zero-order valence-corrected chi connectivity index (χ0v) is 21.9. The molecule has 0 atom stereocenters. The fourth-order valence-electron chi connectivity index (χ4n) is 3.56. The van der Waals surface area contributed by atoms with Gasteiger partial charge in [0.05, 0.1) is 16.3 Å². The Kier molecular flexibility index (Phi) is 8.12. The Bertz CT molecular complexity index is 1490. The monoisotopic (exact) mass is 541 g/mol. The summed E-state index contributed by atoms with van der Waals surface area (Å²) in [5.41, 5.74) is 1.41. The number of urea groups is 1. The molecule has 12 heteroatoms. The molecular weight excluding hydrogens is 517 g/mol. The minimum atomic E-state index is -0.503. The molecule has 10 nitrogen and oxygen atoms in total. The van der Waals surface area contributed by atoms with Gasteiger partial charge in [-0.25, -0.2) is 9.78 Å². The lowest BCUT2D eigenvalue weighted by Gasteiger charge is -2.15. The Morgan fingerprint density at radius 3 is 2.54 bits per heavy atom. The van der Waals surface area contributed by atoms with Crippen LogP contribution in [0.2, 0.25) is 10.0 Å². The van der Waals surface area contributed by atoms with Gasteiger partial charge in [-0.2, -0.15) is 4.98 Å². The average Bonchev–Trinajstić information content (AvgIpc) is 2.86. The van der Waals surface area contributed by atoms with Crippen LogP contribution in [0.4, 0.5) is 22.1 Å². The molecule has 0 fully saturated rings. The van der Waals surface area contributed by atoms with Gasteiger partial charge in [0.2, 0.25) is 5.95 Å². The van der Waals surface area contributed by atoms with Gasteiger partial charge in [0.1, 0.15) is 7.11 Å². The van der Waals surface area contributed by atoms with Crippen LogP contribution >= 0.6 is 23.2 Å². The highest BCUT2D eigenvalue weighted by atomic mass is 35.5. The van der Waals surface area contributed by atoms with E-state index in [0.29, 0.717) is 45.5 Å². The molecule has 37 heavy (non-hydrogen) atoms. The van der Waals surface area contributed by atoms with Gasteiger partial charge in [-0.15, -0.1) is 4.73 Å². The maximum absolute atomic E-state index is 13.4. The number of amides is 2. The second-order valence-corrected chi connectivity index (χ2v) is 9.11. The zero-order chi connectivity index (χ0) is 26.5. The van der Waals surface area contributed by atoms with E-state index < -0.39 is 11.6 Å². The van der Waals surface area contributed by atoms with E-state index in [-0.39, 0.29) is 10.6 Å². The minimum Gasteiger partial charge on any atom is -0.412 e. The summed E-state index contributed by atoms with van der Waals surface area (Å²) in [4.78, 5) is 42.1. The van der Waals surface area contributed by atoms with Gasteiger partial charge in [-0.3, -0.25) is 4.79 Å². The number of carbonyl (C=O) groups excluding carboxylic acids is 1. The number of rotatable bonds is 8. The van der Waals surface area contributed by atoms with Crippen LogP contribution in [0.3, 0.4) is 0 Å². The molecule has 192 valence electrons. The number of hydrogen-bond donors (Lipinski definition) is 3. The molecular formula is C25H25Cl2N7O3. The molecule has 4 rings (SSSR count). The second kappa shape index (κ2) is 11.5. The van der Waals surface area contributed by atoms with Gasteiger partial charge in [0, 0.05) is 40.9 Å². The average molecular weight is 542 g/mol. The standard InChI is InChI=1S/C25H25Cl2N7O3/c1-33(2)12-11-28-24-29-14-15-13-19(23(35)34(37-3)22(15)32-24)18-5-4-6-20(21(18)27)31-25(36)30-17-9-7-16(26)8-10-17/h4-10,13-14H,11-12H2,1-3H3,(H,28,29,32)(H2,30,31,36). The molecule has 0 unspecified atom stereocenters. The lowest BCUT2D eigenvalue weighted by molar-refractivity contribution is 0.168. The van der Waals surface area contributed by atoms with Crippen LogP contribution in [0.15, 0.2) is 59.5 Å². The quantitative estimate of drug-likeness (QED) is 0.302. The van der Waals surface area contributed by atoms with E-state index in [1.165, 1.54) is 7.11 Å². The Morgan fingerprint density at radius 2 is 1.84 bits per heavy atom. The summed E-state index contributed by atoms with van der Waals surface area (Å²) >= 11 is 12.5. The number of benzene rings is 2. The molecule has 0 aliphatic heterocycles. The van der Waals surface area contributed by atoms with E-state index in [1.807, 2.05) is 19.0 Å². The van der Waals surface area contributed by atoms with Crippen molar-refractivity contribution < 1.29 is 9.63 Å². The lowest BCUT2D eigenvalue weighted by atomic mass is 10.1. The number of fused-ring (bicyclic) bond motifs is 1. The Labute approximate surface area is 223 Å². The Balaban J connectivity index is 1.64. The third-order valence-corrected chi connectivity index (χ3v) is 6.03. The second-order valence-electron chi connectivity index (χ2n) is 8.30. The summed E-state index contributed by atoms with van der Waals surface area (Å²) in [6, 6.07) is 12.8. The van der Waals surface area contributed by atoms with Gasteiger partial charge in [0.15, 0.2) is 5.65 Å². The predicted octanol–water partition coefficient (Wildman–Crippen LogP) is 4.44. The Hall–Kier alpha value is -3.86. The summed E-state index contributed by atoms with van der Waals surface area (Å²) in [5, 5.41) is 9.87. The number of aromatic nitrogens is 3. The van der Waals surface area contributed by atoms with Crippen molar-refractivity contribution in [2.75, 3.05) is 50.2 Å². The van der Waals surface area contributed by atoms with Crippen molar-refractivity contribution >= 4 is 57.6 Å². The van der Waals surface area contributed by atoms with Crippen molar-refractivity contribution in [2.24, 2.45) is 0 Å². The SMILES string of the molecule is COn1c(=O)c(-c2cccc(NC(=O)Nc3ccc(Cl)cc3)c2Cl)cc2cnc(NCCN(C)C)nc21. The van der Waals surface area contributed by atoms with Crippen molar-refractivity contribution in [1.29, 1.82) is 0 Å². The van der Waals surface area contributed by atoms with E-state index in [9.17, 15) is 9.59 Å². The van der Waals surface area contributed by atoms with E-state index in [1.54, 1.807) is 54.7 Å². The first-order chi connectivity index (χ1) is 17.8. The zero-order valence-electron chi connectivity index (χ0n) is 20.4. The molecule has 2 aromatic carbocycles. The smallest absolute Gasteiger partial charge is 0.323 e. The van der Waals surface area contributed by atoms with Crippen molar-refractivity contribution in [3.63, 3.8) is 0 Å². The molecule has 0 spiro atoms. The fourth-order valence-corrected chi connectivity index (χ4v) is 3.96. The van der Waals surface area contributed by atoms with Gasteiger partial charge in [0.25, 0.3) is 5.56 Å². The first kappa shape index (κ1) is 26.2. The summed E-state index contributed by atoms with van der Waals surface area (Å²) in [7, 11) is 5.32. The van der Waals surface area contributed by atoms with Crippen LogP contribution < -0.4 is 26.3 Å². The van der Waals surface area contributed by atoms with Crippen molar-refractivity contribution in [2.45, 2.75) is 0 Å². The van der Waals surface area contributed by atoms with Crippen LogP contribution in [0, 0.1) is 0 Å². The summed E-state index contributed by atoms with van der Waals surface area (Å²) in [5.74, 6) is 0.378. The first-order valence-electron chi connectivity index (χ1n) is 11.2. The maximum atomic E-state index is 13.4.